The fourth-order valence-corrected chi connectivity index (χ4v) is 10.8. The van der Waals surface area contributed by atoms with Gasteiger partial charge >= 0.3 is 24.4 Å². The number of amides is 4. The second-order valence-electron chi connectivity index (χ2n) is 16.6. The van der Waals surface area contributed by atoms with E-state index in [0.717, 1.165) is 56.8 Å². The second kappa shape index (κ2) is 19.5. The molecule has 2 heterocycles. The Kier molecular flexibility index (Phi) is 16.5. The summed E-state index contributed by atoms with van der Waals surface area (Å²) in [5.41, 5.74) is 0.0244. The predicted octanol–water partition coefficient (Wildman–Crippen LogP) is 12.5. The molecule has 2 aliphatic heterocycles. The van der Waals surface area contributed by atoms with Crippen LogP contribution in [0.1, 0.15) is 116 Å². The number of para-hydroxylation sites is 2. The van der Waals surface area contributed by atoms with E-state index < -0.39 is 46.8 Å². The van der Waals surface area contributed by atoms with Crippen molar-refractivity contribution in [3.8, 4) is 0 Å². The molecule has 0 aliphatic carbocycles. The van der Waals surface area contributed by atoms with Crippen LogP contribution in [0.4, 0.5) is 30.6 Å². The fourth-order valence-electron chi connectivity index (χ4n) is 4.89. The Morgan fingerprint density at radius 2 is 0.704 bits per heavy atom. The fraction of sp³-hybridized carbons (Fsp3) is 0.600. The Morgan fingerprint density at radius 3 is 0.944 bits per heavy atom. The number of anilines is 2. The van der Waals surface area contributed by atoms with Crippen LogP contribution in [0, 0.1) is 0 Å². The lowest BCUT2D eigenvalue weighted by molar-refractivity contribution is 0.0408. The summed E-state index contributed by atoms with van der Waals surface area (Å²) in [4.78, 5) is 53.7. The number of thioether (sulfide) groups is 4. The van der Waals surface area contributed by atoms with Gasteiger partial charge in [0.05, 0.1) is 20.5 Å². The number of imide groups is 2. The summed E-state index contributed by atoms with van der Waals surface area (Å²) < 4.78 is 22.4. The first-order valence-electron chi connectivity index (χ1n) is 18.1. The van der Waals surface area contributed by atoms with Gasteiger partial charge < -0.3 is 18.9 Å². The third-order valence-corrected chi connectivity index (χ3v) is 12.8. The van der Waals surface area contributed by atoms with Crippen LogP contribution in [0.5, 0.6) is 0 Å². The maximum absolute atomic E-state index is 12.9. The first-order valence-corrected chi connectivity index (χ1v) is 22.3. The van der Waals surface area contributed by atoms with Crippen LogP contribution >= 0.6 is 47.0 Å². The molecule has 0 spiro atoms. The van der Waals surface area contributed by atoms with Crippen molar-refractivity contribution in [1.29, 1.82) is 0 Å². The van der Waals surface area contributed by atoms with Gasteiger partial charge in [-0.2, -0.15) is 9.80 Å². The smallest absolute Gasteiger partial charge is 0.424 e. The highest BCUT2D eigenvalue weighted by Gasteiger charge is 2.37. The molecule has 0 saturated carbocycles. The summed E-state index contributed by atoms with van der Waals surface area (Å²) in [6.07, 6.45) is -0.582. The molecule has 300 valence electrons. The molecular weight excluding hydrogens is 765 g/mol. The number of hydrogen-bond donors (Lipinski definition) is 0. The molecule has 4 amide bonds. The molecule has 2 aromatic rings. The Balaban J connectivity index is 0.000000290. The number of benzene rings is 2. The van der Waals surface area contributed by atoms with Gasteiger partial charge in [-0.05, 0) is 142 Å². The maximum atomic E-state index is 12.9. The van der Waals surface area contributed by atoms with E-state index in [1.807, 2.05) is 83.4 Å². The van der Waals surface area contributed by atoms with Crippen molar-refractivity contribution in [3.05, 3.63) is 59.7 Å². The van der Waals surface area contributed by atoms with Crippen molar-refractivity contribution < 1.29 is 38.1 Å². The number of nitrogens with zero attached hydrogens (tertiary/aromatic N) is 2. The number of carbonyl (C=O) groups is 4. The number of rotatable bonds is 4. The molecule has 2 aromatic carbocycles. The summed E-state index contributed by atoms with van der Waals surface area (Å²) >= 11 is 7.32. The van der Waals surface area contributed by atoms with Crippen LogP contribution in [-0.2, 0) is 18.9 Å². The van der Waals surface area contributed by atoms with Crippen molar-refractivity contribution in [3.63, 3.8) is 0 Å². The first-order chi connectivity index (χ1) is 25.0. The number of ether oxygens (including phenoxy) is 4. The average Bonchev–Trinajstić information content (AvgIpc) is 3.03. The van der Waals surface area contributed by atoms with Crippen LogP contribution in [0.2, 0.25) is 0 Å². The molecule has 54 heavy (non-hydrogen) atoms. The summed E-state index contributed by atoms with van der Waals surface area (Å²) in [5, 5.41) is 0. The zero-order chi connectivity index (χ0) is 40.5. The van der Waals surface area contributed by atoms with Gasteiger partial charge in [0.2, 0.25) is 0 Å². The molecule has 0 aromatic heterocycles. The van der Waals surface area contributed by atoms with Crippen LogP contribution in [0.15, 0.2) is 48.5 Å². The summed E-state index contributed by atoms with van der Waals surface area (Å²) in [7, 11) is 0. The minimum absolute atomic E-state index is 0.169. The minimum atomic E-state index is -0.727. The molecule has 0 N–H and O–H groups in total. The lowest BCUT2D eigenvalue weighted by Crippen LogP contribution is -2.44. The molecule has 4 rings (SSSR count). The molecule has 0 bridgehead atoms. The predicted molar refractivity (Wildman–Crippen MR) is 227 cm³/mol. The topological polar surface area (TPSA) is 112 Å². The van der Waals surface area contributed by atoms with E-state index in [1.54, 1.807) is 95.2 Å². The highest BCUT2D eigenvalue weighted by molar-refractivity contribution is 8.17. The van der Waals surface area contributed by atoms with Crippen LogP contribution < -0.4 is 9.80 Å². The molecular formula is C40H58N2O8S4. The number of carbonyl (C=O) groups excluding carboxylic acids is 4. The third kappa shape index (κ3) is 15.1. The Morgan fingerprint density at radius 1 is 0.463 bits per heavy atom. The van der Waals surface area contributed by atoms with Crippen molar-refractivity contribution in [1.82, 2.24) is 0 Å². The maximum Gasteiger partial charge on any atom is 0.424 e. The first kappa shape index (κ1) is 45.7. The van der Waals surface area contributed by atoms with Crippen LogP contribution in [-0.4, -0.2) is 69.8 Å². The average molecular weight is 823 g/mol. The summed E-state index contributed by atoms with van der Waals surface area (Å²) in [5.74, 6) is 4.24. The molecule has 2 fully saturated rings. The van der Waals surface area contributed by atoms with E-state index in [9.17, 15) is 19.2 Å². The van der Waals surface area contributed by atoms with E-state index in [1.165, 1.54) is 0 Å². The van der Waals surface area contributed by atoms with Crippen LogP contribution in [0.25, 0.3) is 0 Å². The Labute approximate surface area is 339 Å². The highest BCUT2D eigenvalue weighted by Crippen LogP contribution is 2.48. The molecule has 14 heteroatoms. The quantitative estimate of drug-likeness (QED) is 0.274. The number of hydrogen-bond acceptors (Lipinski definition) is 12. The van der Waals surface area contributed by atoms with Gasteiger partial charge in [0, 0.05) is 0 Å². The minimum Gasteiger partial charge on any atom is -0.443 e. The molecule has 0 radical (unpaired) electrons. The van der Waals surface area contributed by atoms with Gasteiger partial charge in [0.25, 0.3) is 0 Å². The molecule has 2 aliphatic rings. The largest absolute Gasteiger partial charge is 0.443 e. The van der Waals surface area contributed by atoms with Gasteiger partial charge in [-0.1, -0.05) is 36.4 Å². The lowest BCUT2D eigenvalue weighted by atomic mass is 10.1. The summed E-state index contributed by atoms with van der Waals surface area (Å²) in [6, 6.07) is 15.0. The SMILES string of the molecule is CC(C)(C)OC(=O)N(C(=O)OC(C)(C)C)c1ccccc1C1SCCCS1.CC(C)(C)OC(=O)N(C(=O)OC(C)(C)C)c1ccccc1C1SCCCS1. The van der Waals surface area contributed by atoms with E-state index in [4.69, 9.17) is 18.9 Å². The van der Waals surface area contributed by atoms with E-state index in [-0.39, 0.29) is 9.16 Å². The third-order valence-electron chi connectivity index (χ3n) is 6.82. The Bertz CT molecular complexity index is 1410. The second-order valence-corrected chi connectivity index (χ2v) is 22.0. The zero-order valence-electron chi connectivity index (χ0n) is 33.8. The lowest BCUT2D eigenvalue weighted by Gasteiger charge is -2.31. The molecule has 2 saturated heterocycles. The van der Waals surface area contributed by atoms with Gasteiger partial charge in [-0.15, -0.1) is 47.0 Å². The van der Waals surface area contributed by atoms with Gasteiger partial charge in [0.1, 0.15) is 22.4 Å². The molecule has 10 nitrogen and oxygen atoms in total. The Hall–Kier alpha value is -2.68. The van der Waals surface area contributed by atoms with Crippen molar-refractivity contribution >= 4 is 82.8 Å². The summed E-state index contributed by atoms with van der Waals surface area (Å²) in [6.45, 7) is 21.3. The monoisotopic (exact) mass is 822 g/mol. The van der Waals surface area contributed by atoms with Gasteiger partial charge in [-0.25, -0.2) is 19.2 Å². The highest BCUT2D eigenvalue weighted by atomic mass is 32.2. The standard InChI is InChI=1S/2C20H29NO4S2/c2*1-19(2,3)24-17(22)21(18(23)25-20(4,5)6)15-11-8-7-10-14(15)16-26-12-9-13-27-16/h2*7-8,10-11,16H,9,12-13H2,1-6H3. The van der Waals surface area contributed by atoms with E-state index >= 15 is 0 Å². The van der Waals surface area contributed by atoms with E-state index in [2.05, 4.69) is 0 Å². The normalized spacial score (nSPS) is 15.9. The van der Waals surface area contributed by atoms with Gasteiger partial charge in [-0.3, -0.25) is 0 Å². The van der Waals surface area contributed by atoms with Crippen molar-refractivity contribution in [2.24, 2.45) is 0 Å². The molecule has 0 unspecified atom stereocenters. The van der Waals surface area contributed by atoms with Gasteiger partial charge in [0.15, 0.2) is 0 Å². The van der Waals surface area contributed by atoms with Crippen molar-refractivity contribution in [2.75, 3.05) is 32.8 Å². The van der Waals surface area contributed by atoms with Crippen molar-refractivity contribution in [2.45, 2.75) is 127 Å². The zero-order valence-corrected chi connectivity index (χ0v) is 37.1. The van der Waals surface area contributed by atoms with Crippen LogP contribution in [0.3, 0.4) is 0 Å². The van der Waals surface area contributed by atoms with E-state index in [0.29, 0.717) is 11.4 Å². The molecule has 0 atom stereocenters.